The number of nitrogens with zero attached hydrogens (tertiary/aromatic N) is 2. The van der Waals surface area contributed by atoms with Gasteiger partial charge in [0.15, 0.2) is 0 Å². The molecule has 0 aliphatic rings. The van der Waals surface area contributed by atoms with Crippen LogP contribution in [0.1, 0.15) is 13.8 Å². The van der Waals surface area contributed by atoms with Crippen LogP contribution in [0.5, 0.6) is 0 Å². The van der Waals surface area contributed by atoms with Gasteiger partial charge < -0.3 is 0 Å². The first-order valence-corrected chi connectivity index (χ1v) is 4.65. The third kappa shape index (κ3) is 6.00. The summed E-state index contributed by atoms with van der Waals surface area (Å²) in [7, 11) is 0. The largest absolute Gasteiger partial charge is 0.265 e. The van der Waals surface area contributed by atoms with E-state index in [0.717, 1.165) is 16.7 Å². The van der Waals surface area contributed by atoms with E-state index in [4.69, 9.17) is 0 Å². The average Bonchev–Trinajstić information content (AvgIpc) is 1.98. The molecule has 1 N–H and O–H groups in total. The Morgan fingerprint density at radius 3 is 2.90 bits per heavy atom. The van der Waals surface area contributed by atoms with E-state index in [9.17, 15) is 0 Å². The average molecular weight is 253 g/mol. The Bertz CT molecular complexity index is 131. The Kier molecular flexibility index (Phi) is 6.89. The highest BCUT2D eigenvalue weighted by Gasteiger charge is 1.78. The number of halogens is 1. The van der Waals surface area contributed by atoms with E-state index in [1.54, 1.807) is 0 Å². The lowest BCUT2D eigenvalue weighted by atomic mass is 10.5. The molecule has 3 nitrogen and oxygen atoms in total. The van der Waals surface area contributed by atoms with Gasteiger partial charge in [-0.1, -0.05) is 33.9 Å². The van der Waals surface area contributed by atoms with Crippen molar-refractivity contribution in [3.05, 3.63) is 11.8 Å². The second kappa shape index (κ2) is 6.98. The molecule has 0 unspecified atom stereocenters. The number of hydrogen-bond acceptors (Lipinski definition) is 2. The van der Waals surface area contributed by atoms with Gasteiger partial charge in [0.2, 0.25) is 0 Å². The molecule has 0 saturated heterocycles. The Morgan fingerprint density at radius 1 is 1.70 bits per heavy atom. The van der Waals surface area contributed by atoms with Crippen molar-refractivity contribution in [2.45, 2.75) is 13.8 Å². The molecule has 58 valence electrons. The fourth-order valence-corrected chi connectivity index (χ4v) is 0.482. The van der Waals surface area contributed by atoms with E-state index >= 15 is 0 Å². The zero-order valence-corrected chi connectivity index (χ0v) is 8.42. The van der Waals surface area contributed by atoms with Crippen molar-refractivity contribution in [1.82, 2.24) is 5.43 Å². The summed E-state index contributed by atoms with van der Waals surface area (Å²) in [4.78, 5) is 0. The maximum absolute atomic E-state index is 3.84. The van der Waals surface area contributed by atoms with Crippen LogP contribution < -0.4 is 5.43 Å². The molecule has 0 saturated carbocycles. The number of rotatable bonds is 4. The molecule has 0 amide bonds. The first-order chi connectivity index (χ1) is 4.81. The maximum atomic E-state index is 3.84. The molecule has 0 aliphatic carbocycles. The zero-order valence-electron chi connectivity index (χ0n) is 6.26. The van der Waals surface area contributed by atoms with Crippen LogP contribution in [0.25, 0.3) is 0 Å². The monoisotopic (exact) mass is 253 g/mol. The van der Waals surface area contributed by atoms with Crippen molar-refractivity contribution in [2.24, 2.45) is 10.3 Å². The van der Waals surface area contributed by atoms with Crippen LogP contribution in [0.4, 0.5) is 0 Å². The van der Waals surface area contributed by atoms with E-state index in [2.05, 4.69) is 38.4 Å². The van der Waals surface area contributed by atoms with Gasteiger partial charge in [0.1, 0.15) is 0 Å². The molecule has 10 heavy (non-hydrogen) atoms. The first-order valence-electron chi connectivity index (χ1n) is 3.12. The molecule has 0 aromatic heterocycles. The van der Waals surface area contributed by atoms with E-state index in [0.29, 0.717) is 0 Å². The molecular formula is C6H12IN3. The molecule has 0 aromatic rings. The standard InChI is InChI=1S/C6H12IN3/c1-3-6(2)9-10-8-5-4-7/h3H,4-5H2,1-2H3,(H,8,9)/b6-3-. The Morgan fingerprint density at radius 2 is 2.40 bits per heavy atom. The number of alkyl halides is 1. The van der Waals surface area contributed by atoms with Crippen molar-refractivity contribution < 1.29 is 0 Å². The molecule has 0 radical (unpaired) electrons. The van der Waals surface area contributed by atoms with Crippen LogP contribution >= 0.6 is 22.6 Å². The summed E-state index contributed by atoms with van der Waals surface area (Å²) in [5, 5.41) is 7.58. The smallest absolute Gasteiger partial charge is 0.0709 e. The highest BCUT2D eigenvalue weighted by molar-refractivity contribution is 14.1. The minimum atomic E-state index is 0.782. The summed E-state index contributed by atoms with van der Waals surface area (Å²) in [6.45, 7) is 4.68. The normalized spacial score (nSPS) is 12.5. The zero-order chi connectivity index (χ0) is 7.82. The summed E-state index contributed by atoms with van der Waals surface area (Å²) in [5.74, 6) is 0. The molecule has 4 heteroatoms. The number of nitrogens with one attached hydrogen (secondary N) is 1. The molecule has 0 fully saturated rings. The molecule has 0 rings (SSSR count). The summed E-state index contributed by atoms with van der Waals surface area (Å²) in [6.07, 6.45) is 1.95. The number of hydrogen-bond donors (Lipinski definition) is 1. The van der Waals surface area contributed by atoms with E-state index in [-0.39, 0.29) is 0 Å². The van der Waals surface area contributed by atoms with Gasteiger partial charge in [-0.05, 0) is 13.8 Å². The molecule has 0 spiro atoms. The molecule has 0 heterocycles. The summed E-state index contributed by atoms with van der Waals surface area (Å²) < 4.78 is 1.01. The Labute approximate surface area is 75.1 Å². The van der Waals surface area contributed by atoms with Crippen LogP contribution in [0.15, 0.2) is 22.1 Å². The topological polar surface area (TPSA) is 36.8 Å². The summed E-state index contributed by atoms with van der Waals surface area (Å²) in [5.41, 5.74) is 3.81. The van der Waals surface area contributed by atoms with Gasteiger partial charge in [0.25, 0.3) is 0 Å². The van der Waals surface area contributed by atoms with Crippen LogP contribution in [0.3, 0.4) is 0 Å². The van der Waals surface area contributed by atoms with Gasteiger partial charge in [-0.2, -0.15) is 5.11 Å². The minimum absolute atomic E-state index is 0.782. The second-order valence-electron chi connectivity index (χ2n) is 1.74. The van der Waals surface area contributed by atoms with Crippen LogP contribution in [0, 0.1) is 0 Å². The Hall–Kier alpha value is -0.130. The molecule has 0 aliphatic heterocycles. The van der Waals surface area contributed by atoms with Gasteiger partial charge in [-0.25, -0.2) is 0 Å². The summed E-state index contributed by atoms with van der Waals surface area (Å²) in [6, 6.07) is 0. The van der Waals surface area contributed by atoms with Gasteiger partial charge >= 0.3 is 0 Å². The summed E-state index contributed by atoms with van der Waals surface area (Å²) >= 11 is 2.26. The minimum Gasteiger partial charge on any atom is -0.265 e. The van der Waals surface area contributed by atoms with Gasteiger partial charge in [0.05, 0.1) is 6.54 Å². The lowest BCUT2D eigenvalue weighted by Gasteiger charge is -1.94. The third-order valence-corrected chi connectivity index (χ3v) is 1.40. The highest BCUT2D eigenvalue weighted by atomic mass is 127. The molecule has 0 bridgehead atoms. The van der Waals surface area contributed by atoms with Crippen molar-refractivity contribution in [3.63, 3.8) is 0 Å². The van der Waals surface area contributed by atoms with Crippen molar-refractivity contribution >= 4 is 22.6 Å². The van der Waals surface area contributed by atoms with Gasteiger partial charge in [-0.15, -0.1) is 0 Å². The third-order valence-electron chi connectivity index (χ3n) is 0.915. The molecule has 0 aromatic carbocycles. The SMILES string of the molecule is C/C=C(/C)NN=NCCI. The predicted octanol–water partition coefficient (Wildman–Crippen LogP) is 2.30. The Balaban J connectivity index is 3.34. The number of allylic oxidation sites excluding steroid dienone is 2. The van der Waals surface area contributed by atoms with Crippen LogP contribution in [-0.2, 0) is 0 Å². The van der Waals surface area contributed by atoms with Crippen molar-refractivity contribution in [3.8, 4) is 0 Å². The first kappa shape index (κ1) is 9.87. The molecule has 0 atom stereocenters. The van der Waals surface area contributed by atoms with E-state index in [1.165, 1.54) is 0 Å². The van der Waals surface area contributed by atoms with Gasteiger partial charge in [0, 0.05) is 10.1 Å². The molecular weight excluding hydrogens is 241 g/mol. The van der Waals surface area contributed by atoms with E-state index in [1.807, 2.05) is 19.9 Å². The lowest BCUT2D eigenvalue weighted by molar-refractivity contribution is 0.775. The predicted molar refractivity (Wildman–Crippen MR) is 51.2 cm³/mol. The van der Waals surface area contributed by atoms with E-state index < -0.39 is 0 Å². The fraction of sp³-hybridized carbons (Fsp3) is 0.667. The van der Waals surface area contributed by atoms with Crippen molar-refractivity contribution in [1.29, 1.82) is 0 Å². The lowest BCUT2D eigenvalue weighted by Crippen LogP contribution is -1.99. The highest BCUT2D eigenvalue weighted by Crippen LogP contribution is 1.85. The van der Waals surface area contributed by atoms with Crippen LogP contribution in [-0.4, -0.2) is 11.0 Å². The fourth-order valence-electron chi connectivity index (χ4n) is 0.267. The van der Waals surface area contributed by atoms with Crippen molar-refractivity contribution in [2.75, 3.05) is 11.0 Å². The maximum Gasteiger partial charge on any atom is 0.0709 e. The van der Waals surface area contributed by atoms with Crippen LogP contribution in [0.2, 0.25) is 0 Å². The van der Waals surface area contributed by atoms with Gasteiger partial charge in [-0.3, -0.25) is 5.43 Å². The quantitative estimate of drug-likeness (QED) is 0.355. The second-order valence-corrected chi connectivity index (χ2v) is 2.82.